The van der Waals surface area contributed by atoms with Gasteiger partial charge in [-0.2, -0.15) is 0 Å². The molecule has 1 amide bonds. The van der Waals surface area contributed by atoms with Gasteiger partial charge in [0.1, 0.15) is 4.34 Å². The van der Waals surface area contributed by atoms with Crippen LogP contribution in [0.4, 0.5) is 5.69 Å². The summed E-state index contributed by atoms with van der Waals surface area (Å²) in [6, 6.07) is 13.9. The van der Waals surface area contributed by atoms with Crippen LogP contribution in [0.5, 0.6) is 0 Å². The molecule has 26 heavy (non-hydrogen) atoms. The van der Waals surface area contributed by atoms with Crippen LogP contribution in [0.15, 0.2) is 52.2 Å². The summed E-state index contributed by atoms with van der Waals surface area (Å²) in [6.07, 6.45) is 0.887. The van der Waals surface area contributed by atoms with Gasteiger partial charge in [0.05, 0.1) is 0 Å². The van der Waals surface area contributed by atoms with Crippen LogP contribution in [0.25, 0.3) is 0 Å². The van der Waals surface area contributed by atoms with Gasteiger partial charge in [0.25, 0.3) is 5.91 Å². The number of hydrogen-bond acceptors (Lipinski definition) is 4. The third kappa shape index (κ3) is 4.34. The molecule has 0 aliphatic heterocycles. The van der Waals surface area contributed by atoms with Gasteiger partial charge in [-0.25, -0.2) is 4.98 Å². The summed E-state index contributed by atoms with van der Waals surface area (Å²) in [4.78, 5) is 17.4. The van der Waals surface area contributed by atoms with Gasteiger partial charge < -0.3 is 5.32 Å². The SMILES string of the molecule is CCc1cccc(C)c1NC(=O)c1ccccc1CSc1nc(C)cs1. The minimum Gasteiger partial charge on any atom is -0.321 e. The summed E-state index contributed by atoms with van der Waals surface area (Å²) < 4.78 is 1.03. The molecule has 0 bridgehead atoms. The summed E-state index contributed by atoms with van der Waals surface area (Å²) >= 11 is 3.31. The van der Waals surface area contributed by atoms with Crippen molar-refractivity contribution in [3.63, 3.8) is 0 Å². The normalized spacial score (nSPS) is 10.7. The molecule has 0 fully saturated rings. The van der Waals surface area contributed by atoms with E-state index in [4.69, 9.17) is 0 Å². The van der Waals surface area contributed by atoms with Crippen molar-refractivity contribution in [2.45, 2.75) is 37.3 Å². The number of carbonyl (C=O) groups excluding carboxylic acids is 1. The maximum atomic E-state index is 12.9. The number of nitrogens with one attached hydrogen (secondary N) is 1. The minimum atomic E-state index is -0.0551. The van der Waals surface area contributed by atoms with Gasteiger partial charge >= 0.3 is 0 Å². The zero-order valence-corrected chi connectivity index (χ0v) is 16.8. The lowest BCUT2D eigenvalue weighted by Gasteiger charge is -2.14. The fraction of sp³-hybridized carbons (Fsp3) is 0.238. The van der Waals surface area contributed by atoms with Crippen LogP contribution in [0.2, 0.25) is 0 Å². The van der Waals surface area contributed by atoms with Gasteiger partial charge in [0.2, 0.25) is 0 Å². The second-order valence-electron chi connectivity index (χ2n) is 6.12. The summed E-state index contributed by atoms with van der Waals surface area (Å²) in [6.45, 7) is 6.13. The fourth-order valence-corrected chi connectivity index (χ4v) is 4.64. The molecule has 0 spiro atoms. The van der Waals surface area contributed by atoms with Crippen molar-refractivity contribution < 1.29 is 4.79 Å². The average Bonchev–Trinajstić information content (AvgIpc) is 3.07. The number of rotatable bonds is 6. The van der Waals surface area contributed by atoms with Crippen molar-refractivity contribution in [2.75, 3.05) is 5.32 Å². The molecule has 0 radical (unpaired) electrons. The molecule has 0 aliphatic rings. The lowest BCUT2D eigenvalue weighted by Crippen LogP contribution is -2.16. The molecule has 2 aromatic carbocycles. The maximum absolute atomic E-state index is 12.9. The summed E-state index contributed by atoms with van der Waals surface area (Å²) in [5, 5.41) is 5.17. The van der Waals surface area contributed by atoms with Gasteiger partial charge in [-0.1, -0.05) is 55.1 Å². The predicted octanol–water partition coefficient (Wildman–Crippen LogP) is 5.87. The Morgan fingerprint density at radius 1 is 1.12 bits per heavy atom. The van der Waals surface area contributed by atoms with Crippen LogP contribution >= 0.6 is 23.1 Å². The summed E-state index contributed by atoms with van der Waals surface area (Å²) in [7, 11) is 0. The third-order valence-corrected chi connectivity index (χ3v) is 6.38. The second-order valence-corrected chi connectivity index (χ2v) is 8.20. The Morgan fingerprint density at radius 3 is 2.62 bits per heavy atom. The van der Waals surface area contributed by atoms with Crippen molar-refractivity contribution in [3.8, 4) is 0 Å². The van der Waals surface area contributed by atoms with Crippen LogP contribution in [0.1, 0.15) is 39.7 Å². The van der Waals surface area contributed by atoms with Gasteiger partial charge in [0.15, 0.2) is 0 Å². The van der Waals surface area contributed by atoms with Gasteiger partial charge in [-0.15, -0.1) is 11.3 Å². The molecule has 1 heterocycles. The highest BCUT2D eigenvalue weighted by molar-refractivity contribution is 8.00. The van der Waals surface area contributed by atoms with Crippen LogP contribution in [0.3, 0.4) is 0 Å². The molecule has 0 saturated heterocycles. The fourth-order valence-electron chi connectivity index (χ4n) is 2.79. The summed E-state index contributed by atoms with van der Waals surface area (Å²) in [5.41, 5.74) is 5.95. The van der Waals surface area contributed by atoms with Gasteiger partial charge in [-0.3, -0.25) is 4.79 Å². The van der Waals surface area contributed by atoms with E-state index >= 15 is 0 Å². The van der Waals surface area contributed by atoms with E-state index in [2.05, 4.69) is 23.3 Å². The van der Waals surface area contributed by atoms with Crippen LogP contribution < -0.4 is 5.32 Å². The Hall–Kier alpha value is -2.11. The lowest BCUT2D eigenvalue weighted by atomic mass is 10.0. The Labute approximate surface area is 162 Å². The number of aryl methyl sites for hydroxylation is 3. The average molecular weight is 383 g/mol. The van der Waals surface area contributed by atoms with Crippen molar-refractivity contribution in [3.05, 3.63) is 75.8 Å². The number of thiazole rings is 1. The molecule has 0 atom stereocenters. The quantitative estimate of drug-likeness (QED) is 0.542. The Morgan fingerprint density at radius 2 is 1.88 bits per heavy atom. The van der Waals surface area contributed by atoms with E-state index in [1.807, 2.05) is 55.6 Å². The second kappa shape index (κ2) is 8.52. The predicted molar refractivity (Wildman–Crippen MR) is 111 cm³/mol. The highest BCUT2D eigenvalue weighted by Gasteiger charge is 2.14. The molecule has 0 unspecified atom stereocenters. The number of benzene rings is 2. The van der Waals surface area contributed by atoms with Crippen LogP contribution in [0, 0.1) is 13.8 Å². The topological polar surface area (TPSA) is 42.0 Å². The Bertz CT molecular complexity index is 918. The lowest BCUT2D eigenvalue weighted by molar-refractivity contribution is 0.102. The smallest absolute Gasteiger partial charge is 0.255 e. The molecule has 1 N–H and O–H groups in total. The zero-order valence-electron chi connectivity index (χ0n) is 15.2. The first-order valence-electron chi connectivity index (χ1n) is 8.61. The van der Waals surface area contributed by atoms with Crippen LogP contribution in [-0.2, 0) is 12.2 Å². The third-order valence-electron chi connectivity index (χ3n) is 4.19. The number of anilines is 1. The zero-order chi connectivity index (χ0) is 18.5. The summed E-state index contributed by atoms with van der Waals surface area (Å²) in [5.74, 6) is 0.672. The standard InChI is InChI=1S/C21H22N2OS2/c1-4-16-10-7-8-14(2)19(16)23-20(24)18-11-6-5-9-17(18)13-26-21-22-15(3)12-25-21/h5-12H,4,13H2,1-3H3,(H,23,24). The molecule has 5 heteroatoms. The maximum Gasteiger partial charge on any atom is 0.255 e. The van der Waals surface area contributed by atoms with E-state index in [0.29, 0.717) is 0 Å². The molecule has 3 aromatic rings. The molecule has 3 nitrogen and oxygen atoms in total. The number of aromatic nitrogens is 1. The molecular weight excluding hydrogens is 360 g/mol. The number of amides is 1. The number of para-hydroxylation sites is 1. The van der Waals surface area contributed by atoms with Crippen molar-refractivity contribution in [2.24, 2.45) is 0 Å². The first-order chi connectivity index (χ1) is 12.6. The number of thioether (sulfide) groups is 1. The van der Waals surface area contributed by atoms with Gasteiger partial charge in [0, 0.05) is 28.1 Å². The highest BCUT2D eigenvalue weighted by Crippen LogP contribution is 2.28. The minimum absolute atomic E-state index is 0.0551. The first-order valence-corrected chi connectivity index (χ1v) is 10.5. The van der Waals surface area contributed by atoms with E-state index in [0.717, 1.165) is 50.1 Å². The Balaban J connectivity index is 1.80. The van der Waals surface area contributed by atoms with E-state index < -0.39 is 0 Å². The molecule has 0 saturated carbocycles. The van der Waals surface area contributed by atoms with E-state index in [1.54, 1.807) is 23.1 Å². The van der Waals surface area contributed by atoms with E-state index in [9.17, 15) is 4.79 Å². The van der Waals surface area contributed by atoms with E-state index in [-0.39, 0.29) is 5.91 Å². The largest absolute Gasteiger partial charge is 0.321 e. The van der Waals surface area contributed by atoms with Crippen molar-refractivity contribution >= 4 is 34.7 Å². The van der Waals surface area contributed by atoms with E-state index in [1.165, 1.54) is 0 Å². The van der Waals surface area contributed by atoms with Crippen molar-refractivity contribution in [1.82, 2.24) is 4.98 Å². The molecule has 0 aliphatic carbocycles. The first kappa shape index (κ1) is 18.7. The molecular formula is C21H22N2OS2. The monoisotopic (exact) mass is 382 g/mol. The highest BCUT2D eigenvalue weighted by atomic mass is 32.2. The van der Waals surface area contributed by atoms with Gasteiger partial charge in [-0.05, 0) is 43.0 Å². The van der Waals surface area contributed by atoms with Crippen LogP contribution in [-0.4, -0.2) is 10.9 Å². The molecule has 134 valence electrons. The number of nitrogens with zero attached hydrogens (tertiary/aromatic N) is 1. The number of carbonyl (C=O) groups is 1. The Kier molecular flexibility index (Phi) is 6.12. The molecule has 3 rings (SSSR count). The molecule has 1 aromatic heterocycles. The van der Waals surface area contributed by atoms with Crippen molar-refractivity contribution in [1.29, 1.82) is 0 Å². The number of hydrogen-bond donors (Lipinski definition) is 1.